The Bertz CT molecular complexity index is 1020. The molecule has 3 rings (SSSR count). The number of carbonyl (C=O) groups is 1. The van der Waals surface area contributed by atoms with Crippen LogP contribution in [0.2, 0.25) is 5.02 Å². The van der Waals surface area contributed by atoms with Crippen LogP contribution in [0.4, 0.5) is 0 Å². The number of nitrogens with one attached hydrogen (secondary N) is 1. The highest BCUT2D eigenvalue weighted by Gasteiger charge is 2.06. The van der Waals surface area contributed by atoms with E-state index in [-0.39, 0.29) is 12.5 Å². The molecule has 3 aromatic rings. The van der Waals surface area contributed by atoms with Gasteiger partial charge in [-0.25, -0.2) is 5.43 Å². The van der Waals surface area contributed by atoms with Crippen molar-refractivity contribution in [3.63, 3.8) is 0 Å². The van der Waals surface area contributed by atoms with Crippen LogP contribution in [0.5, 0.6) is 5.75 Å². The Hall–Kier alpha value is -3.05. The minimum atomic E-state index is -0.355. The summed E-state index contributed by atoms with van der Waals surface area (Å²) in [4.78, 5) is 11.9. The van der Waals surface area contributed by atoms with Gasteiger partial charge in [0.15, 0.2) is 6.61 Å². The summed E-state index contributed by atoms with van der Waals surface area (Å²) in [6, 6.07) is 15.0. The third kappa shape index (κ3) is 5.02. The van der Waals surface area contributed by atoms with Gasteiger partial charge < -0.3 is 9.15 Å². The van der Waals surface area contributed by atoms with Gasteiger partial charge in [-0.1, -0.05) is 29.8 Å². The van der Waals surface area contributed by atoms with Gasteiger partial charge in [0.1, 0.15) is 17.3 Å². The van der Waals surface area contributed by atoms with Gasteiger partial charge in [-0.15, -0.1) is 0 Å². The second kappa shape index (κ2) is 8.76. The highest BCUT2D eigenvalue weighted by molar-refractivity contribution is 6.31. The van der Waals surface area contributed by atoms with Gasteiger partial charge >= 0.3 is 0 Å². The monoisotopic (exact) mass is 396 g/mol. The second-order valence-corrected chi connectivity index (χ2v) is 6.90. The van der Waals surface area contributed by atoms with E-state index < -0.39 is 0 Å². The number of halogens is 1. The lowest BCUT2D eigenvalue weighted by atomic mass is 10.1. The van der Waals surface area contributed by atoms with E-state index in [1.165, 1.54) is 11.8 Å². The molecule has 1 N–H and O–H groups in total. The molecular formula is C22H21ClN2O3. The summed E-state index contributed by atoms with van der Waals surface area (Å²) < 4.78 is 11.2. The molecule has 2 aromatic carbocycles. The van der Waals surface area contributed by atoms with Gasteiger partial charge in [0.25, 0.3) is 5.91 Å². The van der Waals surface area contributed by atoms with Crippen molar-refractivity contribution in [3.05, 3.63) is 76.0 Å². The summed E-state index contributed by atoms with van der Waals surface area (Å²) >= 11 is 6.15. The lowest BCUT2D eigenvalue weighted by Crippen LogP contribution is -2.24. The van der Waals surface area contributed by atoms with Crippen molar-refractivity contribution < 1.29 is 13.9 Å². The topological polar surface area (TPSA) is 63.8 Å². The molecule has 6 heteroatoms. The SMILES string of the molecule is Cc1ccc(OCC(=O)NN=Cc2ccc(-c3ccc(C)c(Cl)c3)o2)cc1C. The van der Waals surface area contributed by atoms with Crippen LogP contribution in [0.3, 0.4) is 0 Å². The fraction of sp³-hybridized carbons (Fsp3) is 0.182. The second-order valence-electron chi connectivity index (χ2n) is 6.49. The number of furan rings is 1. The molecule has 28 heavy (non-hydrogen) atoms. The maximum absolute atomic E-state index is 11.9. The first-order valence-electron chi connectivity index (χ1n) is 8.80. The molecular weight excluding hydrogens is 376 g/mol. The zero-order valence-corrected chi connectivity index (χ0v) is 16.7. The van der Waals surface area contributed by atoms with Crippen LogP contribution in [0, 0.1) is 20.8 Å². The maximum Gasteiger partial charge on any atom is 0.277 e. The molecule has 0 saturated carbocycles. The fourth-order valence-corrected chi connectivity index (χ4v) is 2.66. The van der Waals surface area contributed by atoms with Crippen molar-refractivity contribution in [1.82, 2.24) is 5.43 Å². The van der Waals surface area contributed by atoms with Crippen molar-refractivity contribution in [2.45, 2.75) is 20.8 Å². The highest BCUT2D eigenvalue weighted by atomic mass is 35.5. The number of aryl methyl sites for hydroxylation is 3. The molecule has 0 atom stereocenters. The molecule has 0 unspecified atom stereocenters. The predicted molar refractivity (Wildman–Crippen MR) is 111 cm³/mol. The summed E-state index contributed by atoms with van der Waals surface area (Å²) in [7, 11) is 0. The molecule has 1 aromatic heterocycles. The molecule has 1 amide bonds. The molecule has 0 bridgehead atoms. The number of ether oxygens (including phenoxy) is 1. The number of amides is 1. The number of hydrazone groups is 1. The van der Waals surface area contributed by atoms with Crippen LogP contribution < -0.4 is 10.2 Å². The Morgan fingerprint density at radius 3 is 2.61 bits per heavy atom. The number of benzene rings is 2. The van der Waals surface area contributed by atoms with E-state index in [0.29, 0.717) is 22.3 Å². The summed E-state index contributed by atoms with van der Waals surface area (Å²) in [6.07, 6.45) is 1.44. The zero-order valence-electron chi connectivity index (χ0n) is 16.0. The van der Waals surface area contributed by atoms with E-state index in [4.69, 9.17) is 20.8 Å². The minimum Gasteiger partial charge on any atom is -0.484 e. The van der Waals surface area contributed by atoms with E-state index in [1.54, 1.807) is 6.07 Å². The standard InChI is InChI=1S/C22H21ClN2O3/c1-14-5-7-18(10-16(14)3)27-13-22(26)25-24-12-19-8-9-21(28-19)17-6-4-15(2)20(23)11-17/h4-12H,13H2,1-3H3,(H,25,26). The Labute approximate surface area is 169 Å². The third-order valence-corrected chi connectivity index (χ3v) is 4.72. The molecule has 1 heterocycles. The first kappa shape index (κ1) is 19.7. The Morgan fingerprint density at radius 2 is 1.86 bits per heavy atom. The van der Waals surface area contributed by atoms with Crippen molar-refractivity contribution >= 4 is 23.7 Å². The van der Waals surface area contributed by atoms with Gasteiger partial charge in [-0.2, -0.15) is 5.10 Å². The number of nitrogens with zero attached hydrogens (tertiary/aromatic N) is 1. The largest absolute Gasteiger partial charge is 0.484 e. The van der Waals surface area contributed by atoms with Crippen molar-refractivity contribution in [1.29, 1.82) is 0 Å². The summed E-state index contributed by atoms with van der Waals surface area (Å²) in [5.41, 5.74) is 6.58. The lowest BCUT2D eigenvalue weighted by Gasteiger charge is -2.07. The van der Waals surface area contributed by atoms with Crippen LogP contribution >= 0.6 is 11.6 Å². The van der Waals surface area contributed by atoms with Crippen LogP contribution in [0.1, 0.15) is 22.5 Å². The minimum absolute atomic E-state index is 0.120. The van der Waals surface area contributed by atoms with Crippen LogP contribution in [-0.4, -0.2) is 18.7 Å². The molecule has 0 fully saturated rings. The summed E-state index contributed by atoms with van der Waals surface area (Å²) in [5.74, 6) is 1.48. The van der Waals surface area contributed by atoms with Crippen molar-refractivity contribution in [2.75, 3.05) is 6.61 Å². The predicted octanol–water partition coefficient (Wildman–Crippen LogP) is 5.05. The fourth-order valence-electron chi connectivity index (χ4n) is 2.48. The summed E-state index contributed by atoms with van der Waals surface area (Å²) in [5, 5.41) is 4.58. The quantitative estimate of drug-likeness (QED) is 0.468. The number of hydrogen-bond acceptors (Lipinski definition) is 4. The van der Waals surface area contributed by atoms with E-state index in [1.807, 2.05) is 63.2 Å². The first-order valence-corrected chi connectivity index (χ1v) is 9.18. The molecule has 0 saturated heterocycles. The summed E-state index contributed by atoms with van der Waals surface area (Å²) in [6.45, 7) is 5.84. The Kier molecular flexibility index (Phi) is 6.16. The van der Waals surface area contributed by atoms with Crippen LogP contribution in [-0.2, 0) is 4.79 Å². The average molecular weight is 397 g/mol. The number of hydrogen-bond donors (Lipinski definition) is 1. The smallest absolute Gasteiger partial charge is 0.277 e. The number of rotatable bonds is 6. The van der Waals surface area contributed by atoms with Gasteiger partial charge in [-0.05, 0) is 67.8 Å². The third-order valence-electron chi connectivity index (χ3n) is 4.31. The van der Waals surface area contributed by atoms with Gasteiger partial charge in [0.2, 0.25) is 0 Å². The van der Waals surface area contributed by atoms with Gasteiger partial charge in [0, 0.05) is 10.6 Å². The van der Waals surface area contributed by atoms with Crippen molar-refractivity contribution in [2.24, 2.45) is 5.10 Å². The van der Waals surface area contributed by atoms with E-state index in [9.17, 15) is 4.79 Å². The van der Waals surface area contributed by atoms with Crippen LogP contribution in [0.25, 0.3) is 11.3 Å². The van der Waals surface area contributed by atoms with Crippen LogP contribution in [0.15, 0.2) is 58.0 Å². The first-order chi connectivity index (χ1) is 13.4. The average Bonchev–Trinajstić information content (AvgIpc) is 3.14. The molecule has 144 valence electrons. The maximum atomic E-state index is 11.9. The Balaban J connectivity index is 1.53. The zero-order chi connectivity index (χ0) is 20.1. The normalized spacial score (nSPS) is 11.0. The van der Waals surface area contributed by atoms with Gasteiger partial charge in [0.05, 0.1) is 6.21 Å². The van der Waals surface area contributed by atoms with Crippen molar-refractivity contribution in [3.8, 4) is 17.1 Å². The lowest BCUT2D eigenvalue weighted by molar-refractivity contribution is -0.123. The molecule has 5 nitrogen and oxygen atoms in total. The highest BCUT2D eigenvalue weighted by Crippen LogP contribution is 2.26. The molecule has 0 aliphatic heterocycles. The van der Waals surface area contributed by atoms with E-state index >= 15 is 0 Å². The molecule has 0 aliphatic rings. The Morgan fingerprint density at radius 1 is 1.07 bits per heavy atom. The molecule has 0 spiro atoms. The van der Waals surface area contributed by atoms with E-state index in [2.05, 4.69) is 10.5 Å². The number of carbonyl (C=O) groups excluding carboxylic acids is 1. The van der Waals surface area contributed by atoms with E-state index in [0.717, 1.165) is 16.7 Å². The molecule has 0 radical (unpaired) electrons. The molecule has 0 aliphatic carbocycles. The van der Waals surface area contributed by atoms with Gasteiger partial charge in [-0.3, -0.25) is 4.79 Å².